The molecule has 0 aliphatic carbocycles. The van der Waals surface area contributed by atoms with Crippen molar-refractivity contribution in [2.45, 2.75) is 12.8 Å². The van der Waals surface area contributed by atoms with E-state index in [4.69, 9.17) is 5.84 Å². The third kappa shape index (κ3) is 3.09. The van der Waals surface area contributed by atoms with Crippen molar-refractivity contribution >= 4 is 23.1 Å². The van der Waals surface area contributed by atoms with Crippen LogP contribution in [0.3, 0.4) is 0 Å². The van der Waals surface area contributed by atoms with E-state index < -0.39 is 11.7 Å². The zero-order chi connectivity index (χ0) is 14.5. The van der Waals surface area contributed by atoms with Gasteiger partial charge >= 0.3 is 0 Å². The second kappa shape index (κ2) is 6.40. The van der Waals surface area contributed by atoms with Crippen LogP contribution >= 0.6 is 11.3 Å². The van der Waals surface area contributed by atoms with Crippen LogP contribution in [0.5, 0.6) is 0 Å². The summed E-state index contributed by atoms with van der Waals surface area (Å²) in [4.78, 5) is 19.8. The Balaban J connectivity index is 2.02. The van der Waals surface area contributed by atoms with Gasteiger partial charge in [-0.05, 0) is 6.07 Å². The number of rotatable bonds is 5. The largest absolute Gasteiger partial charge is 0.351 e. The Labute approximate surface area is 119 Å². The summed E-state index contributed by atoms with van der Waals surface area (Å²) in [6, 6.07) is 1.31. The number of carbonyl (C=O) groups is 1. The molecule has 1 amide bonds. The lowest BCUT2D eigenvalue weighted by Crippen LogP contribution is -2.28. The number of nitrogens with zero attached hydrogens (tertiary/aromatic N) is 2. The summed E-state index contributed by atoms with van der Waals surface area (Å²) in [6.07, 6.45) is 3.03. The molecule has 6 nitrogen and oxygen atoms in total. The molecule has 4 N–H and O–H groups in total. The number of thiazole rings is 1. The molecule has 0 saturated heterocycles. The van der Waals surface area contributed by atoms with Crippen molar-refractivity contribution < 1.29 is 9.18 Å². The number of carbonyl (C=O) groups excluding carboxylic acids is 1. The molecular formula is C12H14FN5OS. The Kier molecular flexibility index (Phi) is 4.59. The molecule has 0 aliphatic rings. The fourth-order valence-electron chi connectivity index (χ4n) is 1.63. The normalized spacial score (nSPS) is 11.9. The molecular weight excluding hydrogens is 281 g/mol. The Morgan fingerprint density at radius 3 is 2.95 bits per heavy atom. The predicted molar refractivity (Wildman–Crippen MR) is 74.9 cm³/mol. The lowest BCUT2D eigenvalue weighted by molar-refractivity contribution is 0.0947. The lowest BCUT2D eigenvalue weighted by Gasteiger charge is -2.11. The van der Waals surface area contributed by atoms with Gasteiger partial charge in [-0.25, -0.2) is 20.2 Å². The van der Waals surface area contributed by atoms with Crippen LogP contribution in [-0.2, 0) is 0 Å². The van der Waals surface area contributed by atoms with Gasteiger partial charge in [-0.2, -0.15) is 0 Å². The Morgan fingerprint density at radius 2 is 2.30 bits per heavy atom. The van der Waals surface area contributed by atoms with Gasteiger partial charge in [-0.15, -0.1) is 11.3 Å². The number of halogens is 1. The minimum absolute atomic E-state index is 0.0657. The Morgan fingerprint density at radius 1 is 1.50 bits per heavy atom. The molecule has 0 saturated carbocycles. The second-order valence-corrected chi connectivity index (χ2v) is 5.07. The molecule has 0 bridgehead atoms. The quantitative estimate of drug-likeness (QED) is 0.574. The zero-order valence-electron chi connectivity index (χ0n) is 10.8. The highest BCUT2D eigenvalue weighted by Gasteiger charge is 2.17. The first kappa shape index (κ1) is 14.4. The average Bonchev–Trinajstić information content (AvgIpc) is 2.99. The maximum Gasteiger partial charge on any atom is 0.254 e. The summed E-state index contributed by atoms with van der Waals surface area (Å²) in [5.74, 6) is 3.74. The van der Waals surface area contributed by atoms with Crippen LogP contribution in [0.4, 0.5) is 10.2 Å². The van der Waals surface area contributed by atoms with Crippen molar-refractivity contribution in [1.29, 1.82) is 0 Å². The van der Waals surface area contributed by atoms with Crippen molar-refractivity contribution in [2.75, 3.05) is 12.0 Å². The SMILES string of the molecule is CC(CNC(=O)c1ccnc(NN)c1F)c1nccs1. The van der Waals surface area contributed by atoms with Crippen molar-refractivity contribution in [1.82, 2.24) is 15.3 Å². The molecule has 1 atom stereocenters. The van der Waals surface area contributed by atoms with Crippen LogP contribution in [0.15, 0.2) is 23.8 Å². The van der Waals surface area contributed by atoms with Crippen molar-refractivity contribution in [3.05, 3.63) is 40.2 Å². The van der Waals surface area contributed by atoms with E-state index in [-0.39, 0.29) is 17.3 Å². The first-order valence-electron chi connectivity index (χ1n) is 5.92. The first-order chi connectivity index (χ1) is 9.63. The van der Waals surface area contributed by atoms with Gasteiger partial charge in [0.15, 0.2) is 11.6 Å². The molecule has 2 rings (SSSR count). The molecule has 8 heteroatoms. The Bertz CT molecular complexity index is 590. The highest BCUT2D eigenvalue weighted by Crippen LogP contribution is 2.17. The summed E-state index contributed by atoms with van der Waals surface area (Å²) in [5.41, 5.74) is 2.01. The molecule has 0 radical (unpaired) electrons. The number of hydrogen-bond acceptors (Lipinski definition) is 6. The predicted octanol–water partition coefficient (Wildman–Crippen LogP) is 1.50. The van der Waals surface area contributed by atoms with E-state index in [1.54, 1.807) is 6.20 Å². The molecule has 0 fully saturated rings. The monoisotopic (exact) mass is 295 g/mol. The van der Waals surface area contributed by atoms with Gasteiger partial charge in [-0.1, -0.05) is 6.92 Å². The number of anilines is 1. The number of aromatic nitrogens is 2. The molecule has 106 valence electrons. The average molecular weight is 295 g/mol. The number of hydrazine groups is 1. The maximum absolute atomic E-state index is 13.8. The first-order valence-corrected chi connectivity index (χ1v) is 6.80. The lowest BCUT2D eigenvalue weighted by atomic mass is 10.2. The molecule has 0 aliphatic heterocycles. The topological polar surface area (TPSA) is 92.9 Å². The van der Waals surface area contributed by atoms with Gasteiger partial charge in [0.2, 0.25) is 0 Å². The number of amides is 1. The van der Waals surface area contributed by atoms with E-state index in [1.165, 1.54) is 23.6 Å². The number of hydrogen-bond donors (Lipinski definition) is 3. The van der Waals surface area contributed by atoms with E-state index in [9.17, 15) is 9.18 Å². The molecule has 2 heterocycles. The number of nitrogens with one attached hydrogen (secondary N) is 2. The minimum Gasteiger partial charge on any atom is -0.351 e. The molecule has 2 aromatic rings. The van der Waals surface area contributed by atoms with Gasteiger partial charge in [0.1, 0.15) is 0 Å². The van der Waals surface area contributed by atoms with Gasteiger partial charge in [0.05, 0.1) is 10.6 Å². The minimum atomic E-state index is -0.769. The molecule has 0 spiro atoms. The summed E-state index contributed by atoms with van der Waals surface area (Å²) in [6.45, 7) is 2.31. The van der Waals surface area contributed by atoms with Crippen LogP contribution in [0.1, 0.15) is 28.2 Å². The Hall–Kier alpha value is -2.06. The number of nitrogens with two attached hydrogens (primary N) is 1. The van der Waals surface area contributed by atoms with Crippen LogP contribution in [0.25, 0.3) is 0 Å². The number of nitrogen functional groups attached to an aromatic ring is 1. The third-order valence-electron chi connectivity index (χ3n) is 2.71. The van der Waals surface area contributed by atoms with Crippen molar-refractivity contribution in [2.24, 2.45) is 5.84 Å². The molecule has 20 heavy (non-hydrogen) atoms. The van der Waals surface area contributed by atoms with Gasteiger partial charge in [0.25, 0.3) is 5.91 Å². The van der Waals surface area contributed by atoms with Gasteiger partial charge < -0.3 is 10.7 Å². The highest BCUT2D eigenvalue weighted by molar-refractivity contribution is 7.09. The van der Waals surface area contributed by atoms with Crippen molar-refractivity contribution in [3.8, 4) is 0 Å². The van der Waals surface area contributed by atoms with Gasteiger partial charge in [-0.3, -0.25) is 4.79 Å². The maximum atomic E-state index is 13.8. The van der Waals surface area contributed by atoms with E-state index >= 15 is 0 Å². The van der Waals surface area contributed by atoms with Gasteiger partial charge in [0, 0.05) is 30.2 Å². The van der Waals surface area contributed by atoms with Crippen LogP contribution in [0, 0.1) is 5.82 Å². The van der Waals surface area contributed by atoms with Crippen LogP contribution in [-0.4, -0.2) is 22.4 Å². The van der Waals surface area contributed by atoms with E-state index in [0.717, 1.165) is 5.01 Å². The fourth-order valence-corrected chi connectivity index (χ4v) is 2.32. The van der Waals surface area contributed by atoms with E-state index in [0.29, 0.717) is 6.54 Å². The summed E-state index contributed by atoms with van der Waals surface area (Å²) < 4.78 is 13.8. The fraction of sp³-hybridized carbons (Fsp3) is 0.250. The standard InChI is InChI=1S/C12H14FN5OS/c1-7(12-16-4-5-20-12)6-17-11(19)8-2-3-15-10(18-14)9(8)13/h2-5,7H,6,14H2,1H3,(H,15,18)(H,17,19). The smallest absolute Gasteiger partial charge is 0.254 e. The molecule has 2 aromatic heterocycles. The van der Waals surface area contributed by atoms with Crippen molar-refractivity contribution in [3.63, 3.8) is 0 Å². The molecule has 0 aromatic carbocycles. The highest BCUT2D eigenvalue weighted by atomic mass is 32.1. The summed E-state index contributed by atoms with van der Waals surface area (Å²) in [7, 11) is 0. The van der Waals surface area contributed by atoms with E-state index in [2.05, 4.69) is 20.7 Å². The zero-order valence-corrected chi connectivity index (χ0v) is 11.6. The number of pyridine rings is 1. The summed E-state index contributed by atoms with van der Waals surface area (Å²) >= 11 is 1.51. The summed E-state index contributed by atoms with van der Waals surface area (Å²) in [5, 5.41) is 5.46. The second-order valence-electron chi connectivity index (χ2n) is 4.15. The molecule has 1 unspecified atom stereocenters. The van der Waals surface area contributed by atoms with Crippen LogP contribution < -0.4 is 16.6 Å². The third-order valence-corrected chi connectivity index (χ3v) is 3.72. The van der Waals surface area contributed by atoms with E-state index in [1.807, 2.05) is 12.3 Å². The van der Waals surface area contributed by atoms with Crippen LogP contribution in [0.2, 0.25) is 0 Å².